The molecule has 0 radical (unpaired) electrons. The molecule has 4 aromatic rings. The molecule has 8 nitrogen and oxygen atoms in total. The van der Waals surface area contributed by atoms with Crippen LogP contribution in [0.25, 0.3) is 16.8 Å². The number of hydrogen-bond acceptors (Lipinski definition) is 7. The number of carbonyl (C=O) groups is 1. The third-order valence-corrected chi connectivity index (χ3v) is 4.92. The lowest BCUT2D eigenvalue weighted by Gasteiger charge is -2.08. The molecule has 0 spiro atoms. The Balaban J connectivity index is 1.76. The maximum absolute atomic E-state index is 13.3. The van der Waals surface area contributed by atoms with E-state index in [2.05, 4.69) is 24.8 Å². The molecule has 0 unspecified atom stereocenters. The number of anilines is 2. The number of aryl methyl sites for hydroxylation is 2. The highest BCUT2D eigenvalue weighted by molar-refractivity contribution is 7.11. The smallest absolute Gasteiger partial charge is 0.264 e. The van der Waals surface area contributed by atoms with Gasteiger partial charge in [0, 0.05) is 23.0 Å². The number of nitrogens with zero attached hydrogens (tertiary/aromatic N) is 5. The number of fused-ring (bicyclic) bond motifs is 1. The van der Waals surface area contributed by atoms with Crippen molar-refractivity contribution in [3.63, 3.8) is 0 Å². The van der Waals surface area contributed by atoms with Gasteiger partial charge >= 0.3 is 0 Å². The Labute approximate surface area is 157 Å². The van der Waals surface area contributed by atoms with E-state index in [4.69, 9.17) is 5.73 Å². The molecule has 0 aliphatic heterocycles. The first-order valence-electron chi connectivity index (χ1n) is 7.94. The molecule has 10 heteroatoms. The number of hydrogen-bond donors (Lipinski definition) is 2. The molecule has 4 heterocycles. The topological polar surface area (TPSA) is 111 Å². The molecule has 0 atom stereocenters. The summed E-state index contributed by atoms with van der Waals surface area (Å²) in [5.74, 6) is -1.11. The van der Waals surface area contributed by atoms with Crippen molar-refractivity contribution in [2.24, 2.45) is 0 Å². The van der Waals surface area contributed by atoms with Crippen molar-refractivity contribution in [2.45, 2.75) is 13.8 Å². The number of amides is 1. The largest absolute Gasteiger partial charge is 0.381 e. The highest BCUT2D eigenvalue weighted by atomic mass is 32.1. The Hall–Kier alpha value is -3.40. The monoisotopic (exact) mass is 383 g/mol. The van der Waals surface area contributed by atoms with Gasteiger partial charge in [0.05, 0.1) is 18.1 Å². The van der Waals surface area contributed by atoms with Gasteiger partial charge in [-0.2, -0.15) is 4.37 Å². The summed E-state index contributed by atoms with van der Waals surface area (Å²) in [5, 5.41) is 7.34. The van der Waals surface area contributed by atoms with Crippen molar-refractivity contribution in [1.82, 2.24) is 24.0 Å². The number of nitrogens with two attached hydrogens (primary N) is 1. The van der Waals surface area contributed by atoms with E-state index in [-0.39, 0.29) is 17.0 Å². The summed E-state index contributed by atoms with van der Waals surface area (Å²) in [6.07, 6.45) is 3.82. The van der Waals surface area contributed by atoms with Crippen LogP contribution in [0.4, 0.5) is 15.2 Å². The zero-order valence-electron chi connectivity index (χ0n) is 14.4. The Morgan fingerprint density at radius 2 is 2.11 bits per heavy atom. The van der Waals surface area contributed by atoms with Gasteiger partial charge < -0.3 is 11.1 Å². The van der Waals surface area contributed by atoms with Gasteiger partial charge in [-0.05, 0) is 31.4 Å². The summed E-state index contributed by atoms with van der Waals surface area (Å²) >= 11 is 1.16. The van der Waals surface area contributed by atoms with Gasteiger partial charge in [0.1, 0.15) is 10.6 Å². The second-order valence-electron chi connectivity index (χ2n) is 5.86. The molecule has 4 rings (SSSR count). The Kier molecular flexibility index (Phi) is 4.04. The average Bonchev–Trinajstić information content (AvgIpc) is 3.14. The van der Waals surface area contributed by atoms with E-state index in [9.17, 15) is 9.18 Å². The molecule has 0 bridgehead atoms. The summed E-state index contributed by atoms with van der Waals surface area (Å²) in [5.41, 5.74) is 9.39. The van der Waals surface area contributed by atoms with E-state index < -0.39 is 11.7 Å². The molecular formula is C17H14FN7OS. The molecule has 27 heavy (non-hydrogen) atoms. The predicted molar refractivity (Wildman–Crippen MR) is 100 cm³/mol. The predicted octanol–water partition coefficient (Wildman–Crippen LogP) is 2.84. The fourth-order valence-corrected chi connectivity index (χ4v) is 3.64. The number of aromatic nitrogens is 5. The van der Waals surface area contributed by atoms with Crippen LogP contribution in [0.3, 0.4) is 0 Å². The molecule has 0 aromatic carbocycles. The van der Waals surface area contributed by atoms with Gasteiger partial charge in [-0.15, -0.1) is 5.10 Å². The standard InChI is InChI=1S/C17H14FN7OS/c1-8-11(4-3-5-20-8)12-9(2)24-27-17(12)22-16(26)13-14(19)23-25-7-10(18)6-21-15(13)25/h3-7H,1-2H3,(H2,19,23)(H,22,26). The maximum atomic E-state index is 13.3. The van der Waals surface area contributed by atoms with E-state index >= 15 is 0 Å². The van der Waals surface area contributed by atoms with Crippen LogP contribution in [0.15, 0.2) is 30.7 Å². The normalized spacial score (nSPS) is 11.1. The molecule has 0 saturated heterocycles. The highest BCUT2D eigenvalue weighted by Crippen LogP contribution is 2.36. The van der Waals surface area contributed by atoms with Gasteiger partial charge in [-0.1, -0.05) is 6.07 Å². The molecule has 0 fully saturated rings. The Morgan fingerprint density at radius 1 is 1.30 bits per heavy atom. The SMILES string of the molecule is Cc1ncccc1-c1c(C)nsc1NC(=O)c1c(N)nn2cc(F)cnc12. The first-order chi connectivity index (χ1) is 13.0. The minimum Gasteiger partial charge on any atom is -0.381 e. The quantitative estimate of drug-likeness (QED) is 0.563. The van der Waals surface area contributed by atoms with Gasteiger partial charge in [0.25, 0.3) is 5.91 Å². The lowest BCUT2D eigenvalue weighted by molar-refractivity contribution is 0.102. The molecule has 0 saturated carbocycles. The molecule has 1 amide bonds. The molecule has 3 N–H and O–H groups in total. The fourth-order valence-electron chi connectivity index (χ4n) is 2.83. The summed E-state index contributed by atoms with van der Waals surface area (Å²) in [6, 6.07) is 3.75. The van der Waals surface area contributed by atoms with Crippen LogP contribution in [-0.4, -0.2) is 29.9 Å². The third-order valence-electron chi connectivity index (χ3n) is 4.06. The Bertz CT molecular complexity index is 1180. The fraction of sp³-hybridized carbons (Fsp3) is 0.118. The number of rotatable bonds is 3. The number of nitrogens with one attached hydrogen (secondary N) is 1. The van der Waals surface area contributed by atoms with Crippen LogP contribution >= 0.6 is 11.5 Å². The average molecular weight is 383 g/mol. The second kappa shape index (κ2) is 6.40. The molecule has 0 aliphatic carbocycles. The van der Waals surface area contributed by atoms with E-state index in [1.165, 1.54) is 0 Å². The molecule has 0 aliphatic rings. The van der Waals surface area contributed by atoms with Crippen molar-refractivity contribution < 1.29 is 9.18 Å². The first kappa shape index (κ1) is 17.0. The zero-order chi connectivity index (χ0) is 19.1. The van der Waals surface area contributed by atoms with Crippen molar-refractivity contribution in [3.05, 3.63) is 53.5 Å². The van der Waals surface area contributed by atoms with Crippen LogP contribution in [0.1, 0.15) is 21.7 Å². The highest BCUT2D eigenvalue weighted by Gasteiger charge is 2.23. The van der Waals surface area contributed by atoms with Crippen molar-refractivity contribution in [2.75, 3.05) is 11.1 Å². The zero-order valence-corrected chi connectivity index (χ0v) is 15.2. The first-order valence-corrected chi connectivity index (χ1v) is 8.72. The van der Waals surface area contributed by atoms with E-state index in [1.54, 1.807) is 6.20 Å². The minimum atomic E-state index is -0.579. The van der Waals surface area contributed by atoms with E-state index in [0.717, 1.165) is 51.0 Å². The molecule has 4 aromatic heterocycles. The van der Waals surface area contributed by atoms with Crippen LogP contribution in [0.2, 0.25) is 0 Å². The van der Waals surface area contributed by atoms with Gasteiger partial charge in [0.15, 0.2) is 17.3 Å². The van der Waals surface area contributed by atoms with Crippen molar-refractivity contribution >= 4 is 33.9 Å². The summed E-state index contributed by atoms with van der Waals surface area (Å²) in [6.45, 7) is 3.75. The second-order valence-corrected chi connectivity index (χ2v) is 6.64. The number of carbonyl (C=O) groups excluding carboxylic acids is 1. The maximum Gasteiger partial charge on any atom is 0.264 e. The third kappa shape index (κ3) is 2.89. The minimum absolute atomic E-state index is 0.0362. The van der Waals surface area contributed by atoms with E-state index in [1.807, 2.05) is 26.0 Å². The van der Waals surface area contributed by atoms with Crippen LogP contribution in [0.5, 0.6) is 0 Å². The van der Waals surface area contributed by atoms with Crippen molar-refractivity contribution in [1.29, 1.82) is 0 Å². The number of halogens is 1. The summed E-state index contributed by atoms with van der Waals surface area (Å²) < 4.78 is 18.8. The number of nitrogen functional groups attached to an aromatic ring is 1. The lowest BCUT2D eigenvalue weighted by Crippen LogP contribution is -2.13. The van der Waals surface area contributed by atoms with Gasteiger partial charge in [-0.3, -0.25) is 9.78 Å². The lowest BCUT2D eigenvalue weighted by atomic mass is 10.1. The van der Waals surface area contributed by atoms with Crippen molar-refractivity contribution in [3.8, 4) is 11.1 Å². The van der Waals surface area contributed by atoms with E-state index in [0.29, 0.717) is 5.00 Å². The number of pyridine rings is 1. The summed E-state index contributed by atoms with van der Waals surface area (Å²) in [4.78, 5) is 21.1. The van der Waals surface area contributed by atoms with Gasteiger partial charge in [-0.25, -0.2) is 13.9 Å². The molecular weight excluding hydrogens is 369 g/mol. The van der Waals surface area contributed by atoms with Crippen LogP contribution < -0.4 is 11.1 Å². The summed E-state index contributed by atoms with van der Waals surface area (Å²) in [7, 11) is 0. The van der Waals surface area contributed by atoms with Gasteiger partial charge in [0.2, 0.25) is 0 Å². The van der Waals surface area contributed by atoms with Crippen LogP contribution in [-0.2, 0) is 0 Å². The molecule has 136 valence electrons. The Morgan fingerprint density at radius 3 is 2.89 bits per heavy atom. The van der Waals surface area contributed by atoms with Crippen LogP contribution in [0, 0.1) is 19.7 Å².